The monoisotopic (exact) mass is 451 g/mol. The van der Waals surface area contributed by atoms with Crippen LogP contribution in [0.2, 0.25) is 0 Å². The number of aromatic nitrogens is 4. The van der Waals surface area contributed by atoms with E-state index in [0.29, 0.717) is 30.4 Å². The van der Waals surface area contributed by atoms with Gasteiger partial charge in [0.2, 0.25) is 0 Å². The average molecular weight is 451 g/mol. The normalized spacial score (nSPS) is 23.0. The van der Waals surface area contributed by atoms with Crippen molar-refractivity contribution >= 4 is 38.4 Å². The molecule has 4 atom stereocenters. The fourth-order valence-corrected chi connectivity index (χ4v) is 5.43. The summed E-state index contributed by atoms with van der Waals surface area (Å²) >= 11 is 0. The third-order valence-electron chi connectivity index (χ3n) is 4.38. The number of nitrogens with two attached hydrogens (primary N) is 1. The summed E-state index contributed by atoms with van der Waals surface area (Å²) in [7, 11) is -9.61. The number of nitrogens with zero attached hydrogens (tertiary/aromatic N) is 4. The number of ether oxygens (including phenoxy) is 2. The van der Waals surface area contributed by atoms with Crippen LogP contribution >= 0.6 is 15.4 Å². The van der Waals surface area contributed by atoms with Crippen LogP contribution < -0.4 is 5.73 Å². The van der Waals surface area contributed by atoms with Crippen LogP contribution in [-0.2, 0) is 27.7 Å². The third kappa shape index (κ3) is 4.81. The molecule has 160 valence electrons. The van der Waals surface area contributed by atoms with Gasteiger partial charge in [-0.05, 0) is 19.3 Å². The molecule has 1 fully saturated rings. The van der Waals surface area contributed by atoms with E-state index in [1.807, 2.05) is 0 Å². The molecule has 2 heterocycles. The largest absolute Gasteiger partial charge is 0.476 e. The minimum atomic E-state index is -5.36. The standard InChI is InChI=1S/C13H19N5O9P2/c1-25-12(19)13(28(20,21)27-29(22,23)24)26-8-3-2-7(4-8)18-6-17-9-10(14)15-5-16-11(9)18/h5-8,13H,2-4H2,1H3,(H,20,21)(H2,14,15,16)(H2,22,23,24)/t7-,8+,13?/m0/s1. The number of rotatable bonds is 7. The fourth-order valence-electron chi connectivity index (χ4n) is 3.17. The van der Waals surface area contributed by atoms with Crippen LogP contribution in [0.25, 0.3) is 11.2 Å². The summed E-state index contributed by atoms with van der Waals surface area (Å²) < 4.78 is 38.6. The molecule has 5 N–H and O–H groups in total. The molecule has 14 nitrogen and oxygen atoms in total. The highest BCUT2D eigenvalue weighted by Gasteiger charge is 2.47. The van der Waals surface area contributed by atoms with Crippen LogP contribution in [0.4, 0.5) is 5.82 Å². The number of esters is 1. The van der Waals surface area contributed by atoms with E-state index in [1.54, 1.807) is 4.57 Å². The zero-order valence-corrected chi connectivity index (χ0v) is 16.8. The summed E-state index contributed by atoms with van der Waals surface area (Å²) in [4.78, 5) is 51.6. The van der Waals surface area contributed by atoms with Crippen LogP contribution in [-0.4, -0.2) is 59.2 Å². The van der Waals surface area contributed by atoms with Gasteiger partial charge >= 0.3 is 21.4 Å². The second-order valence-electron chi connectivity index (χ2n) is 6.32. The first-order chi connectivity index (χ1) is 13.5. The first-order valence-electron chi connectivity index (χ1n) is 8.27. The van der Waals surface area contributed by atoms with Crippen LogP contribution in [0, 0.1) is 0 Å². The summed E-state index contributed by atoms with van der Waals surface area (Å²) in [6, 6.07) is -0.168. The van der Waals surface area contributed by atoms with E-state index in [2.05, 4.69) is 24.0 Å². The fraction of sp³-hybridized carbons (Fsp3) is 0.538. The van der Waals surface area contributed by atoms with Crippen molar-refractivity contribution in [3.05, 3.63) is 12.7 Å². The van der Waals surface area contributed by atoms with Crippen molar-refractivity contribution in [3.63, 3.8) is 0 Å². The Morgan fingerprint density at radius 3 is 2.66 bits per heavy atom. The predicted octanol–water partition coefficient (Wildman–Crippen LogP) is 0.312. The zero-order chi connectivity index (χ0) is 21.4. The summed E-state index contributed by atoms with van der Waals surface area (Å²) in [6.07, 6.45) is 3.39. The maximum Gasteiger partial charge on any atom is 0.476 e. The molecule has 0 aromatic carbocycles. The number of anilines is 1. The van der Waals surface area contributed by atoms with E-state index in [1.165, 1.54) is 12.7 Å². The minimum absolute atomic E-state index is 0.168. The second kappa shape index (κ2) is 8.07. The topological polar surface area (TPSA) is 209 Å². The maximum absolute atomic E-state index is 12.2. The number of hydrogen-bond donors (Lipinski definition) is 4. The lowest BCUT2D eigenvalue weighted by atomic mass is 10.2. The summed E-state index contributed by atoms with van der Waals surface area (Å²) in [5.74, 6) is -3.27. The number of hydrogen-bond acceptors (Lipinski definition) is 10. The number of nitrogen functional groups attached to an aromatic ring is 1. The van der Waals surface area contributed by atoms with Crippen LogP contribution in [0.1, 0.15) is 25.3 Å². The zero-order valence-electron chi connectivity index (χ0n) is 15.1. The number of carbonyl (C=O) groups is 1. The van der Waals surface area contributed by atoms with Crippen molar-refractivity contribution in [1.29, 1.82) is 0 Å². The number of phosphoric acid groups is 1. The summed E-state index contributed by atoms with van der Waals surface area (Å²) in [6.45, 7) is 0. The Morgan fingerprint density at radius 2 is 2.00 bits per heavy atom. The van der Waals surface area contributed by atoms with Gasteiger partial charge in [0.25, 0.3) is 5.85 Å². The lowest BCUT2D eigenvalue weighted by molar-refractivity contribution is -0.152. The Morgan fingerprint density at radius 1 is 1.28 bits per heavy atom. The molecule has 0 aliphatic heterocycles. The molecule has 1 aliphatic rings. The SMILES string of the molecule is COC(=O)C(O[C@@H]1CC[C@H](n2cnc3c(N)ncnc32)C1)P(=O)(O)OP(=O)(O)O. The third-order valence-corrected chi connectivity index (χ3v) is 7.09. The van der Waals surface area contributed by atoms with E-state index < -0.39 is 33.3 Å². The van der Waals surface area contributed by atoms with Gasteiger partial charge < -0.3 is 34.5 Å². The smallest absolute Gasteiger partial charge is 0.467 e. The molecule has 3 rings (SSSR count). The Kier molecular flexibility index (Phi) is 6.06. The molecule has 2 aromatic rings. The molecule has 0 spiro atoms. The Hall–Kier alpha value is -1.92. The van der Waals surface area contributed by atoms with Crippen molar-refractivity contribution < 1.29 is 42.4 Å². The molecule has 0 bridgehead atoms. The van der Waals surface area contributed by atoms with E-state index in [0.717, 1.165) is 7.11 Å². The second-order valence-corrected chi connectivity index (χ2v) is 9.55. The van der Waals surface area contributed by atoms with E-state index in [9.17, 15) is 18.8 Å². The first kappa shape index (κ1) is 21.8. The van der Waals surface area contributed by atoms with Gasteiger partial charge in [0.1, 0.15) is 11.8 Å². The lowest BCUT2D eigenvalue weighted by Crippen LogP contribution is -2.30. The molecule has 1 saturated carbocycles. The number of fused-ring (bicyclic) bond motifs is 1. The number of methoxy groups -OCH3 is 1. The van der Waals surface area contributed by atoms with Gasteiger partial charge in [0.15, 0.2) is 11.5 Å². The molecule has 0 radical (unpaired) electrons. The van der Waals surface area contributed by atoms with Gasteiger partial charge in [0.05, 0.1) is 19.5 Å². The van der Waals surface area contributed by atoms with Crippen LogP contribution in [0.15, 0.2) is 12.7 Å². The molecular formula is C13H19N5O9P2. The molecule has 29 heavy (non-hydrogen) atoms. The van der Waals surface area contributed by atoms with E-state index >= 15 is 0 Å². The lowest BCUT2D eigenvalue weighted by Gasteiger charge is -2.24. The van der Waals surface area contributed by atoms with Crippen molar-refractivity contribution in [3.8, 4) is 0 Å². The Labute approximate surface area is 163 Å². The van der Waals surface area contributed by atoms with Gasteiger partial charge in [-0.1, -0.05) is 0 Å². The summed E-state index contributed by atoms with van der Waals surface area (Å²) in [5.41, 5.74) is 6.70. The first-order valence-corrected chi connectivity index (χ1v) is 11.4. The molecule has 16 heteroatoms. The van der Waals surface area contributed by atoms with Gasteiger partial charge in [0, 0.05) is 6.04 Å². The Bertz CT molecular complexity index is 1010. The highest BCUT2D eigenvalue weighted by atomic mass is 31.3. The van der Waals surface area contributed by atoms with Crippen LogP contribution in [0.3, 0.4) is 0 Å². The van der Waals surface area contributed by atoms with Crippen LogP contribution in [0.5, 0.6) is 0 Å². The quantitative estimate of drug-likeness (QED) is 0.330. The molecule has 2 unspecified atom stereocenters. The van der Waals surface area contributed by atoms with Gasteiger partial charge in [-0.25, -0.2) is 28.6 Å². The maximum atomic E-state index is 12.2. The highest BCUT2D eigenvalue weighted by Crippen LogP contribution is 2.60. The number of imidazole rings is 1. The van der Waals surface area contributed by atoms with Gasteiger partial charge in [-0.2, -0.15) is 0 Å². The predicted molar refractivity (Wildman–Crippen MR) is 96.3 cm³/mol. The van der Waals surface area contributed by atoms with Gasteiger partial charge in [-0.15, -0.1) is 0 Å². The van der Waals surface area contributed by atoms with E-state index in [-0.39, 0.29) is 11.9 Å². The minimum Gasteiger partial charge on any atom is -0.467 e. The summed E-state index contributed by atoms with van der Waals surface area (Å²) in [5, 5.41) is 0. The van der Waals surface area contributed by atoms with Crippen molar-refractivity contribution in [2.75, 3.05) is 12.8 Å². The van der Waals surface area contributed by atoms with E-state index in [4.69, 9.17) is 20.3 Å². The van der Waals surface area contributed by atoms with Crippen molar-refractivity contribution in [2.24, 2.45) is 0 Å². The Balaban J connectivity index is 1.77. The molecule has 0 amide bonds. The number of carbonyl (C=O) groups excluding carboxylic acids is 1. The molecule has 1 aliphatic carbocycles. The molecular weight excluding hydrogens is 432 g/mol. The molecule has 2 aromatic heterocycles. The van der Waals surface area contributed by atoms with Crippen molar-refractivity contribution in [2.45, 2.75) is 37.3 Å². The average Bonchev–Trinajstić information content (AvgIpc) is 3.24. The highest BCUT2D eigenvalue weighted by molar-refractivity contribution is 7.64. The van der Waals surface area contributed by atoms with Crippen molar-refractivity contribution in [1.82, 2.24) is 19.5 Å². The molecule has 0 saturated heterocycles. The van der Waals surface area contributed by atoms with Gasteiger partial charge in [-0.3, -0.25) is 4.57 Å².